The Morgan fingerprint density at radius 1 is 1.17 bits per heavy atom. The number of carbonyl (C=O) groups excluding carboxylic acids is 1. The van der Waals surface area contributed by atoms with E-state index in [0.29, 0.717) is 27.8 Å². The van der Waals surface area contributed by atoms with Crippen molar-refractivity contribution in [3.8, 4) is 0 Å². The van der Waals surface area contributed by atoms with Crippen LogP contribution in [0.5, 0.6) is 0 Å². The van der Waals surface area contributed by atoms with Gasteiger partial charge >= 0.3 is 0 Å². The van der Waals surface area contributed by atoms with Gasteiger partial charge in [0.1, 0.15) is 24.9 Å². The summed E-state index contributed by atoms with van der Waals surface area (Å²) < 4.78 is 11.2. The summed E-state index contributed by atoms with van der Waals surface area (Å²) in [6.07, 6.45) is 4.53. The molecule has 8 nitrogen and oxygen atoms in total. The SMILES string of the molecule is O=C(c1cnc(N[C@H]2OC3(CO)OC2C(O)[C@@H]3O)s1)C12CC3CC(CC(C3)C1)C2. The molecule has 5 atom stereocenters. The summed E-state index contributed by atoms with van der Waals surface area (Å²) in [5.74, 6) is 0.736. The fourth-order valence-electron chi connectivity index (χ4n) is 6.93. The van der Waals surface area contributed by atoms with Crippen molar-refractivity contribution < 1.29 is 29.6 Å². The second-order valence-electron chi connectivity index (χ2n) is 9.73. The topological polar surface area (TPSA) is 121 Å². The van der Waals surface area contributed by atoms with E-state index in [9.17, 15) is 20.1 Å². The molecule has 3 unspecified atom stereocenters. The molecule has 0 radical (unpaired) electrons. The largest absolute Gasteiger partial charge is 0.391 e. The smallest absolute Gasteiger partial charge is 0.223 e. The molecule has 1 aromatic rings. The van der Waals surface area contributed by atoms with Crippen LogP contribution in [0.25, 0.3) is 0 Å². The first-order valence-electron chi connectivity index (χ1n) is 10.5. The molecule has 7 rings (SSSR count). The predicted octanol–water partition coefficient (Wildman–Crippen LogP) is 1.12. The van der Waals surface area contributed by atoms with E-state index in [-0.39, 0.29) is 11.2 Å². The van der Waals surface area contributed by atoms with Gasteiger partial charge in [-0.1, -0.05) is 11.3 Å². The number of nitrogens with zero attached hydrogens (tertiary/aromatic N) is 1. The number of aromatic nitrogens is 1. The first kappa shape index (κ1) is 18.7. The van der Waals surface area contributed by atoms with Crippen molar-refractivity contribution in [2.45, 2.75) is 68.9 Å². The van der Waals surface area contributed by atoms with Crippen LogP contribution < -0.4 is 5.32 Å². The second-order valence-corrected chi connectivity index (χ2v) is 10.8. The van der Waals surface area contributed by atoms with Gasteiger partial charge in [-0.25, -0.2) is 4.98 Å². The predicted molar refractivity (Wildman–Crippen MR) is 102 cm³/mol. The molecule has 6 bridgehead atoms. The number of nitrogens with one attached hydrogen (secondary N) is 1. The Morgan fingerprint density at radius 3 is 2.41 bits per heavy atom. The van der Waals surface area contributed by atoms with E-state index in [1.807, 2.05) is 0 Å². The van der Waals surface area contributed by atoms with Gasteiger partial charge < -0.3 is 30.1 Å². The van der Waals surface area contributed by atoms with Crippen molar-refractivity contribution in [3.63, 3.8) is 0 Å². The summed E-state index contributed by atoms with van der Waals surface area (Å²) in [6.45, 7) is -0.562. The van der Waals surface area contributed by atoms with Crippen molar-refractivity contribution in [1.29, 1.82) is 0 Å². The van der Waals surface area contributed by atoms with E-state index in [1.54, 1.807) is 6.20 Å². The highest BCUT2D eigenvalue weighted by Gasteiger charge is 2.65. The van der Waals surface area contributed by atoms with E-state index in [1.165, 1.54) is 30.6 Å². The van der Waals surface area contributed by atoms with Gasteiger partial charge in [0.15, 0.2) is 17.1 Å². The minimum absolute atomic E-state index is 0.203. The third kappa shape index (κ3) is 2.61. The number of hydrogen-bond donors (Lipinski definition) is 4. The summed E-state index contributed by atoms with van der Waals surface area (Å²) in [4.78, 5) is 18.5. The molecule has 9 heteroatoms. The van der Waals surface area contributed by atoms with Gasteiger partial charge in [-0.3, -0.25) is 4.79 Å². The number of ketones is 1. The number of Topliss-reactive ketones (excluding diaryl/α,β-unsaturated/α-hetero) is 1. The molecule has 2 aliphatic heterocycles. The van der Waals surface area contributed by atoms with Crippen LogP contribution >= 0.6 is 11.3 Å². The van der Waals surface area contributed by atoms with Gasteiger partial charge in [0.25, 0.3) is 0 Å². The molecular formula is C20H26N2O6S. The van der Waals surface area contributed by atoms with Crippen LogP contribution in [-0.2, 0) is 9.47 Å². The first-order valence-corrected chi connectivity index (χ1v) is 11.3. The number of rotatable bonds is 5. The van der Waals surface area contributed by atoms with Crippen molar-refractivity contribution in [2.24, 2.45) is 23.2 Å². The maximum absolute atomic E-state index is 13.4. The van der Waals surface area contributed by atoms with Crippen LogP contribution in [0.1, 0.15) is 48.2 Å². The molecule has 6 aliphatic rings. The summed E-state index contributed by atoms with van der Waals surface area (Å²) in [5.41, 5.74) is -0.203. The number of carbonyl (C=O) groups is 1. The maximum atomic E-state index is 13.4. The standard InChI is InChI=1S/C20H26N2O6S/c23-8-20-16(26)13(24)14(27-20)17(28-20)22-18-21-7-12(29-18)15(25)19-4-9-1-10(5-19)3-11(2-9)6-19/h7,9-11,13-14,16-17,23-24,26H,1-6,8H2,(H,21,22)/t9?,10?,11?,13?,14?,16-,17-,19?,20?/m0/s1. The summed E-state index contributed by atoms with van der Waals surface area (Å²) in [5, 5.41) is 33.3. The van der Waals surface area contributed by atoms with Gasteiger partial charge in [0, 0.05) is 5.41 Å². The molecule has 1 aromatic heterocycles. The number of aliphatic hydroxyl groups is 3. The quantitative estimate of drug-likeness (QED) is 0.521. The van der Waals surface area contributed by atoms with E-state index in [2.05, 4.69) is 10.3 Å². The number of ether oxygens (including phenoxy) is 2. The molecule has 0 amide bonds. The molecule has 4 aliphatic carbocycles. The Hall–Kier alpha value is -1.10. The normalized spacial score (nSPS) is 49.7. The number of fused-ring (bicyclic) bond motifs is 2. The lowest BCUT2D eigenvalue weighted by molar-refractivity contribution is -0.234. The molecular weight excluding hydrogens is 396 g/mol. The molecule has 0 aromatic carbocycles. The molecule has 6 fully saturated rings. The monoisotopic (exact) mass is 422 g/mol. The molecule has 3 heterocycles. The summed E-state index contributed by atoms with van der Waals surface area (Å²) in [7, 11) is 0. The van der Waals surface area contributed by atoms with E-state index >= 15 is 0 Å². The van der Waals surface area contributed by atoms with Crippen LogP contribution in [0.4, 0.5) is 5.13 Å². The fourth-order valence-corrected chi connectivity index (χ4v) is 7.83. The molecule has 29 heavy (non-hydrogen) atoms. The van der Waals surface area contributed by atoms with E-state index in [4.69, 9.17) is 9.47 Å². The van der Waals surface area contributed by atoms with Crippen molar-refractivity contribution in [3.05, 3.63) is 11.1 Å². The number of anilines is 1. The first-order chi connectivity index (χ1) is 13.9. The zero-order valence-electron chi connectivity index (χ0n) is 16.0. The highest BCUT2D eigenvalue weighted by Crippen LogP contribution is 2.61. The van der Waals surface area contributed by atoms with E-state index < -0.39 is 36.9 Å². The van der Waals surface area contributed by atoms with Crippen LogP contribution in [0.2, 0.25) is 0 Å². The van der Waals surface area contributed by atoms with Gasteiger partial charge in [0.05, 0.1) is 11.1 Å². The third-order valence-corrected chi connectivity index (χ3v) is 8.73. The maximum Gasteiger partial charge on any atom is 0.223 e. The zero-order valence-corrected chi connectivity index (χ0v) is 16.8. The minimum Gasteiger partial charge on any atom is -0.391 e. The fraction of sp³-hybridized carbons (Fsp3) is 0.800. The Kier molecular flexibility index (Phi) is 3.99. The minimum atomic E-state index is -1.61. The number of thiazole rings is 1. The molecule has 158 valence electrons. The summed E-state index contributed by atoms with van der Waals surface area (Å²) >= 11 is 1.30. The highest BCUT2D eigenvalue weighted by molar-refractivity contribution is 7.17. The average Bonchev–Trinajstić information content (AvgIpc) is 3.36. The Bertz CT molecular complexity index is 809. The number of hydrogen-bond acceptors (Lipinski definition) is 9. The van der Waals surface area contributed by atoms with Gasteiger partial charge in [0.2, 0.25) is 5.79 Å². The summed E-state index contributed by atoms with van der Waals surface area (Å²) in [6, 6.07) is 0. The van der Waals surface area contributed by atoms with Crippen LogP contribution in [0.3, 0.4) is 0 Å². The van der Waals surface area contributed by atoms with Gasteiger partial charge in [-0.15, -0.1) is 0 Å². The second kappa shape index (κ2) is 6.21. The molecule has 2 saturated heterocycles. The molecule has 0 spiro atoms. The van der Waals surface area contributed by atoms with Crippen molar-refractivity contribution in [2.75, 3.05) is 11.9 Å². The Morgan fingerprint density at radius 2 is 1.83 bits per heavy atom. The lowest BCUT2D eigenvalue weighted by Gasteiger charge is -2.55. The lowest BCUT2D eigenvalue weighted by atomic mass is 9.48. The van der Waals surface area contributed by atoms with Gasteiger partial charge in [-0.2, -0.15) is 0 Å². The third-order valence-electron chi connectivity index (χ3n) is 7.81. The van der Waals surface area contributed by atoms with Crippen LogP contribution in [0.15, 0.2) is 6.20 Å². The van der Waals surface area contributed by atoms with Crippen molar-refractivity contribution >= 4 is 22.3 Å². The zero-order chi connectivity index (χ0) is 20.0. The van der Waals surface area contributed by atoms with Crippen LogP contribution in [0, 0.1) is 23.2 Å². The Balaban J connectivity index is 1.19. The van der Waals surface area contributed by atoms with Crippen LogP contribution in [-0.4, -0.2) is 63.0 Å². The number of aliphatic hydroxyl groups excluding tert-OH is 3. The van der Waals surface area contributed by atoms with Crippen molar-refractivity contribution in [1.82, 2.24) is 4.98 Å². The highest BCUT2D eigenvalue weighted by atomic mass is 32.1. The molecule has 4 saturated carbocycles. The molecule has 4 N–H and O–H groups in total. The van der Waals surface area contributed by atoms with Gasteiger partial charge in [-0.05, 0) is 56.3 Å². The van der Waals surface area contributed by atoms with E-state index in [0.717, 1.165) is 19.3 Å². The Labute approximate surface area is 172 Å². The lowest BCUT2D eigenvalue weighted by Crippen LogP contribution is -2.55. The average molecular weight is 423 g/mol.